The van der Waals surface area contributed by atoms with E-state index in [0.29, 0.717) is 5.56 Å². The molecule has 2 N–H and O–H groups in total. The Bertz CT molecular complexity index is 371. The largest absolute Gasteiger partial charge is 0.508 e. The number of carbonyl (C=O) groups excluding carboxylic acids is 1. The molecule has 0 aliphatic rings. The van der Waals surface area contributed by atoms with Gasteiger partial charge in [-0.25, -0.2) is 0 Å². The number of hydrogen-bond donors (Lipinski definition) is 2. The summed E-state index contributed by atoms with van der Waals surface area (Å²) in [5.74, 6) is -0.405. The Balaban J connectivity index is 2.81. The molecule has 1 unspecified atom stereocenters. The van der Waals surface area contributed by atoms with Crippen molar-refractivity contribution in [1.82, 2.24) is 0 Å². The number of phenols is 1. The molecule has 0 aliphatic carbocycles. The van der Waals surface area contributed by atoms with Crippen LogP contribution in [0.15, 0.2) is 24.3 Å². The quantitative estimate of drug-likeness (QED) is 0.761. The Morgan fingerprint density at radius 3 is 2.75 bits per heavy atom. The van der Waals surface area contributed by atoms with Crippen molar-refractivity contribution in [3.8, 4) is 5.75 Å². The van der Waals surface area contributed by atoms with Gasteiger partial charge in [0.1, 0.15) is 5.75 Å². The van der Waals surface area contributed by atoms with Crippen LogP contribution >= 0.6 is 0 Å². The maximum Gasteiger partial charge on any atom is 0.309 e. The topological polar surface area (TPSA) is 66.8 Å². The summed E-state index contributed by atoms with van der Waals surface area (Å²) in [6.07, 6.45) is -0.135. The summed E-state index contributed by atoms with van der Waals surface area (Å²) >= 11 is 0. The molecule has 0 aromatic heterocycles. The number of hydrogen-bond acceptors (Lipinski definition) is 4. The highest BCUT2D eigenvalue weighted by atomic mass is 16.5. The highest BCUT2D eigenvalue weighted by molar-refractivity contribution is 5.71. The van der Waals surface area contributed by atoms with Gasteiger partial charge in [0.05, 0.1) is 18.6 Å². The lowest BCUT2D eigenvalue weighted by atomic mass is 9.92. The summed E-state index contributed by atoms with van der Waals surface area (Å²) in [6, 6.07) is 6.20. The number of esters is 1. The van der Waals surface area contributed by atoms with Crippen LogP contribution < -0.4 is 0 Å². The zero-order chi connectivity index (χ0) is 12.2. The highest BCUT2D eigenvalue weighted by Crippen LogP contribution is 2.27. The van der Waals surface area contributed by atoms with E-state index in [2.05, 4.69) is 0 Å². The first-order valence-electron chi connectivity index (χ1n) is 5.13. The summed E-state index contributed by atoms with van der Waals surface area (Å²) < 4.78 is 4.77. The lowest BCUT2D eigenvalue weighted by molar-refractivity contribution is -0.148. The molecule has 0 heterocycles. The summed E-state index contributed by atoms with van der Waals surface area (Å²) in [5, 5.41) is 19.4. The van der Waals surface area contributed by atoms with Gasteiger partial charge in [-0.1, -0.05) is 12.1 Å². The second-order valence-corrected chi connectivity index (χ2v) is 3.81. The van der Waals surface area contributed by atoms with Gasteiger partial charge < -0.3 is 14.9 Å². The summed E-state index contributed by atoms with van der Waals surface area (Å²) in [5.41, 5.74) is -0.842. The fourth-order valence-corrected chi connectivity index (χ4v) is 1.44. The predicted octanol–water partition coefficient (Wildman–Crippen LogP) is 1.55. The van der Waals surface area contributed by atoms with Gasteiger partial charge in [0.15, 0.2) is 0 Å². The molecule has 0 amide bonds. The van der Waals surface area contributed by atoms with Crippen molar-refractivity contribution in [2.24, 2.45) is 0 Å². The molecule has 1 rings (SSSR count). The monoisotopic (exact) mass is 224 g/mol. The van der Waals surface area contributed by atoms with Gasteiger partial charge in [-0.15, -0.1) is 0 Å². The Morgan fingerprint density at radius 1 is 1.50 bits per heavy atom. The third-order valence-electron chi connectivity index (χ3n) is 2.26. The van der Waals surface area contributed by atoms with Gasteiger partial charge in [-0.3, -0.25) is 4.79 Å². The highest BCUT2D eigenvalue weighted by Gasteiger charge is 2.27. The van der Waals surface area contributed by atoms with Crippen molar-refractivity contribution in [3.63, 3.8) is 0 Å². The van der Waals surface area contributed by atoms with E-state index < -0.39 is 11.6 Å². The van der Waals surface area contributed by atoms with Crippen LogP contribution in [0.25, 0.3) is 0 Å². The summed E-state index contributed by atoms with van der Waals surface area (Å²) in [6.45, 7) is 3.51. The number of rotatable bonds is 4. The summed E-state index contributed by atoms with van der Waals surface area (Å²) in [4.78, 5) is 11.3. The molecule has 0 spiro atoms. The van der Waals surface area contributed by atoms with E-state index >= 15 is 0 Å². The molecule has 4 heteroatoms. The standard InChI is InChI=1S/C12H16O4/c1-3-16-11(14)8-12(2,15)9-5-4-6-10(13)7-9/h4-7,13,15H,3,8H2,1-2H3. The van der Waals surface area contributed by atoms with Crippen LogP contribution in [0, 0.1) is 0 Å². The molecule has 1 atom stereocenters. The molecular weight excluding hydrogens is 208 g/mol. The van der Waals surface area contributed by atoms with Crippen molar-refractivity contribution in [1.29, 1.82) is 0 Å². The minimum Gasteiger partial charge on any atom is -0.508 e. The minimum atomic E-state index is -1.33. The Labute approximate surface area is 94.5 Å². The Kier molecular flexibility index (Phi) is 3.90. The van der Waals surface area contributed by atoms with Gasteiger partial charge in [0, 0.05) is 0 Å². The summed E-state index contributed by atoms with van der Waals surface area (Å²) in [7, 11) is 0. The van der Waals surface area contributed by atoms with E-state index in [1.165, 1.54) is 19.1 Å². The third kappa shape index (κ3) is 3.24. The second kappa shape index (κ2) is 4.99. The van der Waals surface area contributed by atoms with E-state index in [4.69, 9.17) is 4.74 Å². The lowest BCUT2D eigenvalue weighted by Gasteiger charge is -2.22. The predicted molar refractivity (Wildman–Crippen MR) is 58.9 cm³/mol. The Morgan fingerprint density at radius 2 is 2.19 bits per heavy atom. The zero-order valence-electron chi connectivity index (χ0n) is 9.43. The average Bonchev–Trinajstić information content (AvgIpc) is 2.17. The SMILES string of the molecule is CCOC(=O)CC(C)(O)c1cccc(O)c1. The maximum atomic E-state index is 11.3. The number of aromatic hydroxyl groups is 1. The van der Waals surface area contributed by atoms with Crippen LogP contribution in [0.5, 0.6) is 5.75 Å². The van der Waals surface area contributed by atoms with E-state index in [-0.39, 0.29) is 18.8 Å². The molecule has 0 bridgehead atoms. The van der Waals surface area contributed by atoms with Crippen LogP contribution in [0.2, 0.25) is 0 Å². The van der Waals surface area contributed by atoms with Crippen molar-refractivity contribution in [2.75, 3.05) is 6.61 Å². The number of ether oxygens (including phenoxy) is 1. The fraction of sp³-hybridized carbons (Fsp3) is 0.417. The number of benzene rings is 1. The van der Waals surface area contributed by atoms with Crippen LogP contribution in [0.1, 0.15) is 25.8 Å². The van der Waals surface area contributed by atoms with Crippen LogP contribution in [-0.4, -0.2) is 22.8 Å². The van der Waals surface area contributed by atoms with Crippen molar-refractivity contribution < 1.29 is 19.7 Å². The molecule has 1 aromatic rings. The molecule has 88 valence electrons. The van der Waals surface area contributed by atoms with Crippen molar-refractivity contribution >= 4 is 5.97 Å². The zero-order valence-corrected chi connectivity index (χ0v) is 9.43. The van der Waals surface area contributed by atoms with Gasteiger partial charge in [0.2, 0.25) is 0 Å². The van der Waals surface area contributed by atoms with Crippen molar-refractivity contribution in [3.05, 3.63) is 29.8 Å². The van der Waals surface area contributed by atoms with Gasteiger partial charge in [-0.2, -0.15) is 0 Å². The van der Waals surface area contributed by atoms with E-state index in [0.717, 1.165) is 0 Å². The Hall–Kier alpha value is -1.55. The van der Waals surface area contributed by atoms with Gasteiger partial charge in [0.25, 0.3) is 0 Å². The molecule has 4 nitrogen and oxygen atoms in total. The minimum absolute atomic E-state index is 0.0571. The normalized spacial score (nSPS) is 14.2. The van der Waals surface area contributed by atoms with Gasteiger partial charge in [-0.05, 0) is 31.5 Å². The van der Waals surface area contributed by atoms with E-state index in [9.17, 15) is 15.0 Å². The van der Waals surface area contributed by atoms with Crippen LogP contribution in [0.4, 0.5) is 0 Å². The van der Waals surface area contributed by atoms with Crippen LogP contribution in [0.3, 0.4) is 0 Å². The fourth-order valence-electron chi connectivity index (χ4n) is 1.44. The first kappa shape index (κ1) is 12.5. The second-order valence-electron chi connectivity index (χ2n) is 3.81. The average molecular weight is 224 g/mol. The van der Waals surface area contributed by atoms with Gasteiger partial charge >= 0.3 is 5.97 Å². The first-order chi connectivity index (χ1) is 7.45. The molecular formula is C12H16O4. The molecule has 0 aliphatic heterocycles. The van der Waals surface area contributed by atoms with E-state index in [1.54, 1.807) is 19.1 Å². The number of phenolic OH excluding ortho intramolecular Hbond substituents is 1. The number of carbonyl (C=O) groups is 1. The molecule has 1 aromatic carbocycles. The molecule has 0 radical (unpaired) electrons. The van der Waals surface area contributed by atoms with Crippen molar-refractivity contribution in [2.45, 2.75) is 25.9 Å². The lowest BCUT2D eigenvalue weighted by Crippen LogP contribution is -2.26. The maximum absolute atomic E-state index is 11.3. The van der Waals surface area contributed by atoms with Crippen LogP contribution in [-0.2, 0) is 15.1 Å². The molecule has 0 saturated heterocycles. The van der Waals surface area contributed by atoms with E-state index in [1.807, 2.05) is 0 Å². The first-order valence-corrected chi connectivity index (χ1v) is 5.13. The number of aliphatic hydroxyl groups is 1. The molecule has 0 saturated carbocycles. The molecule has 16 heavy (non-hydrogen) atoms. The third-order valence-corrected chi connectivity index (χ3v) is 2.26. The molecule has 0 fully saturated rings. The smallest absolute Gasteiger partial charge is 0.309 e.